The number of carboxylic acids is 1. The highest BCUT2D eigenvalue weighted by molar-refractivity contribution is 5.95. The molecule has 0 saturated carbocycles. The first-order chi connectivity index (χ1) is 21.0. The van der Waals surface area contributed by atoms with Gasteiger partial charge in [0.15, 0.2) is 0 Å². The van der Waals surface area contributed by atoms with Crippen LogP contribution in [0.5, 0.6) is 0 Å². The topological polar surface area (TPSA) is 108 Å². The number of carbonyl (C=O) groups excluding carboxylic acids is 2. The Morgan fingerprint density at radius 2 is 1.37 bits per heavy atom. The van der Waals surface area contributed by atoms with E-state index in [0.717, 1.165) is 44.2 Å². The Morgan fingerprint density at radius 3 is 1.91 bits per heavy atom. The molecule has 0 fully saturated rings. The fourth-order valence-electron chi connectivity index (χ4n) is 4.07. The molecule has 0 aliphatic rings. The highest BCUT2D eigenvalue weighted by Crippen LogP contribution is 2.07. The number of aliphatic carboxylic acids is 1. The van der Waals surface area contributed by atoms with Gasteiger partial charge in [-0.25, -0.2) is 4.79 Å². The average molecular weight is 590 g/mol. The molecule has 234 valence electrons. The van der Waals surface area contributed by atoms with E-state index in [1.807, 2.05) is 19.1 Å². The number of nitrogens with one attached hydrogen (secondary N) is 2. The van der Waals surface area contributed by atoms with Crippen LogP contribution in [0.2, 0.25) is 0 Å². The first kappa shape index (κ1) is 37.0. The number of amides is 2. The van der Waals surface area contributed by atoms with Gasteiger partial charge < -0.3 is 15.7 Å². The normalized spacial score (nSPS) is 12.9. The molecule has 1 aromatic rings. The van der Waals surface area contributed by atoms with Crippen LogP contribution in [0.1, 0.15) is 101 Å². The van der Waals surface area contributed by atoms with Gasteiger partial charge in [-0.3, -0.25) is 14.6 Å². The molecule has 3 N–H and O–H groups in total. The second-order valence-corrected chi connectivity index (χ2v) is 10.0. The summed E-state index contributed by atoms with van der Waals surface area (Å²) in [7, 11) is 0. The van der Waals surface area contributed by atoms with Crippen molar-refractivity contribution >= 4 is 17.8 Å². The van der Waals surface area contributed by atoms with Gasteiger partial charge in [0, 0.05) is 19.2 Å². The molecule has 0 bridgehead atoms. The van der Waals surface area contributed by atoms with E-state index >= 15 is 0 Å². The lowest BCUT2D eigenvalue weighted by atomic mass is 10.1. The maximum absolute atomic E-state index is 12.4. The predicted octanol–water partition coefficient (Wildman–Crippen LogP) is 7.59. The summed E-state index contributed by atoms with van der Waals surface area (Å²) in [6, 6.07) is 2.55. The lowest BCUT2D eigenvalue weighted by molar-refractivity contribution is -0.142. The van der Waals surface area contributed by atoms with Crippen LogP contribution < -0.4 is 10.6 Å². The van der Waals surface area contributed by atoms with Crippen molar-refractivity contribution in [3.05, 3.63) is 102 Å². The molecule has 1 unspecified atom stereocenters. The lowest BCUT2D eigenvalue weighted by Crippen LogP contribution is -2.40. The summed E-state index contributed by atoms with van der Waals surface area (Å²) < 4.78 is 0. The van der Waals surface area contributed by atoms with Crippen molar-refractivity contribution in [2.75, 3.05) is 6.54 Å². The van der Waals surface area contributed by atoms with Crippen LogP contribution in [-0.2, 0) is 16.0 Å². The minimum atomic E-state index is -1.05. The summed E-state index contributed by atoms with van der Waals surface area (Å²) in [6.07, 6.45) is 35.9. The van der Waals surface area contributed by atoms with Crippen molar-refractivity contribution in [1.29, 1.82) is 0 Å². The number of unbranched alkanes of at least 4 members (excludes halogenated alkanes) is 1. The first-order valence-electron chi connectivity index (χ1n) is 15.6. The standard InChI is InChI=1S/C36H51N3O4/c1-3-5-6-7-8-9-10-11-12-13-14-15-16-17-18-19-20-21-22-28-34(40)39-33(36(42)43)27-23-24-29-38-35(41)31-26-25-30-37-32(31)4-2/h5-6,8-9,11-12,14-15,17-18,20-21,25-26,30,33H,3-4,7,10,13,16,19,22-24,27-29H2,1-2H3,(H,38,41)(H,39,40)(H,42,43). The summed E-state index contributed by atoms with van der Waals surface area (Å²) in [5.41, 5.74) is 1.31. The number of nitrogens with zero attached hydrogens (tertiary/aromatic N) is 1. The number of carbonyl (C=O) groups is 3. The first-order valence-corrected chi connectivity index (χ1v) is 15.6. The molecule has 0 saturated heterocycles. The van der Waals surface area contributed by atoms with Crippen molar-refractivity contribution in [1.82, 2.24) is 15.6 Å². The summed E-state index contributed by atoms with van der Waals surface area (Å²) in [5.74, 6) is -1.50. The smallest absolute Gasteiger partial charge is 0.326 e. The Morgan fingerprint density at radius 1 is 0.814 bits per heavy atom. The third kappa shape index (κ3) is 19.7. The monoisotopic (exact) mass is 589 g/mol. The summed E-state index contributed by atoms with van der Waals surface area (Å²) >= 11 is 0. The van der Waals surface area contributed by atoms with Crippen molar-refractivity contribution < 1.29 is 19.5 Å². The minimum absolute atomic E-state index is 0.178. The van der Waals surface area contributed by atoms with Crippen molar-refractivity contribution in [3.8, 4) is 0 Å². The van der Waals surface area contributed by atoms with Gasteiger partial charge in [-0.1, -0.05) is 86.8 Å². The fourth-order valence-corrected chi connectivity index (χ4v) is 4.07. The molecule has 1 atom stereocenters. The van der Waals surface area contributed by atoms with Crippen LogP contribution in [0.4, 0.5) is 0 Å². The molecular formula is C36H51N3O4. The van der Waals surface area contributed by atoms with Gasteiger partial charge in [-0.2, -0.15) is 0 Å². The van der Waals surface area contributed by atoms with E-state index < -0.39 is 12.0 Å². The van der Waals surface area contributed by atoms with E-state index in [4.69, 9.17) is 0 Å². The number of carboxylic acid groups (broad SMARTS) is 1. The summed E-state index contributed by atoms with van der Waals surface area (Å²) in [5, 5.41) is 15.0. The quantitative estimate of drug-likeness (QED) is 0.0900. The fraction of sp³-hybridized carbons (Fsp3) is 0.444. The van der Waals surface area contributed by atoms with Crippen LogP contribution in [0.3, 0.4) is 0 Å². The molecule has 1 rings (SSSR count). The highest BCUT2D eigenvalue weighted by Gasteiger charge is 2.19. The molecule has 0 aliphatic carbocycles. The molecule has 0 aromatic carbocycles. The second kappa shape index (κ2) is 25.7. The molecule has 0 radical (unpaired) electrons. The van der Waals surface area contributed by atoms with Gasteiger partial charge in [0.25, 0.3) is 5.91 Å². The van der Waals surface area contributed by atoms with Gasteiger partial charge in [0.05, 0.1) is 11.3 Å². The maximum Gasteiger partial charge on any atom is 0.326 e. The van der Waals surface area contributed by atoms with E-state index in [0.29, 0.717) is 44.2 Å². The number of aromatic nitrogens is 1. The van der Waals surface area contributed by atoms with Gasteiger partial charge >= 0.3 is 5.97 Å². The van der Waals surface area contributed by atoms with Gasteiger partial charge in [-0.15, -0.1) is 0 Å². The maximum atomic E-state index is 12.4. The van der Waals surface area contributed by atoms with Crippen LogP contribution >= 0.6 is 0 Å². The number of rotatable bonds is 23. The molecular weight excluding hydrogens is 538 g/mol. The minimum Gasteiger partial charge on any atom is -0.480 e. The van der Waals surface area contributed by atoms with Crippen LogP contribution in [0.25, 0.3) is 0 Å². The largest absolute Gasteiger partial charge is 0.480 e. The molecule has 7 nitrogen and oxygen atoms in total. The van der Waals surface area contributed by atoms with Gasteiger partial charge in [-0.05, 0) is 82.8 Å². The molecule has 2 amide bonds. The number of hydrogen-bond acceptors (Lipinski definition) is 4. The van der Waals surface area contributed by atoms with Crippen molar-refractivity contribution in [2.45, 2.75) is 96.9 Å². The second-order valence-electron chi connectivity index (χ2n) is 10.0. The zero-order valence-corrected chi connectivity index (χ0v) is 26.0. The number of allylic oxidation sites excluding steroid dienone is 12. The van der Waals surface area contributed by atoms with E-state index in [2.05, 4.69) is 83.3 Å². The predicted molar refractivity (Wildman–Crippen MR) is 177 cm³/mol. The Balaban J connectivity index is 2.14. The Bertz CT molecular complexity index is 1120. The van der Waals surface area contributed by atoms with Crippen LogP contribution in [0, 0.1) is 0 Å². The highest BCUT2D eigenvalue weighted by atomic mass is 16.4. The zero-order chi connectivity index (χ0) is 31.4. The molecule has 1 aromatic heterocycles. The van der Waals surface area contributed by atoms with E-state index in [9.17, 15) is 19.5 Å². The number of hydrogen-bond donors (Lipinski definition) is 3. The third-order valence-electron chi connectivity index (χ3n) is 6.44. The van der Waals surface area contributed by atoms with E-state index in [-0.39, 0.29) is 18.2 Å². The van der Waals surface area contributed by atoms with Crippen LogP contribution in [0.15, 0.2) is 91.2 Å². The molecule has 1 heterocycles. The Kier molecular flexibility index (Phi) is 22.1. The van der Waals surface area contributed by atoms with E-state index in [1.165, 1.54) is 0 Å². The number of aryl methyl sites for hydroxylation is 1. The van der Waals surface area contributed by atoms with Crippen molar-refractivity contribution in [3.63, 3.8) is 0 Å². The SMILES string of the molecule is CCC=CCC=CCC=CCC=CCC=CCC=CCCC(=O)NC(CCCCNC(=O)c1cccnc1CC)C(=O)O. The summed E-state index contributed by atoms with van der Waals surface area (Å²) in [6.45, 7) is 4.52. The van der Waals surface area contributed by atoms with Crippen LogP contribution in [-0.4, -0.2) is 40.5 Å². The molecule has 0 spiro atoms. The summed E-state index contributed by atoms with van der Waals surface area (Å²) in [4.78, 5) is 40.4. The van der Waals surface area contributed by atoms with Gasteiger partial charge in [0.1, 0.15) is 6.04 Å². The average Bonchev–Trinajstić information content (AvgIpc) is 3.01. The van der Waals surface area contributed by atoms with Gasteiger partial charge in [0.2, 0.25) is 5.91 Å². The van der Waals surface area contributed by atoms with E-state index in [1.54, 1.807) is 18.3 Å². The lowest BCUT2D eigenvalue weighted by Gasteiger charge is -2.14. The molecule has 7 heteroatoms. The Hall–Kier alpha value is -4.00. The zero-order valence-electron chi connectivity index (χ0n) is 26.0. The Labute approximate surface area is 258 Å². The molecule has 0 aliphatic heterocycles. The number of pyridine rings is 1. The van der Waals surface area contributed by atoms with Crippen molar-refractivity contribution in [2.24, 2.45) is 0 Å². The third-order valence-corrected chi connectivity index (χ3v) is 6.44. The molecule has 43 heavy (non-hydrogen) atoms.